The average Bonchev–Trinajstić information content (AvgIpc) is 2.59. The summed E-state index contributed by atoms with van der Waals surface area (Å²) < 4.78 is 8.96. The molecule has 0 saturated heterocycles. The van der Waals surface area contributed by atoms with Crippen molar-refractivity contribution < 1.29 is 4.74 Å². The molecular weight excluding hydrogens is 334 g/mol. The van der Waals surface area contributed by atoms with Gasteiger partial charge in [-0.1, -0.05) is 68.5 Å². The first-order valence-corrected chi connectivity index (χ1v) is 11.2. The Bertz CT molecular complexity index is 744. The van der Waals surface area contributed by atoms with Gasteiger partial charge in [-0.2, -0.15) is 0 Å². The van der Waals surface area contributed by atoms with E-state index in [9.17, 15) is 0 Å². The van der Waals surface area contributed by atoms with Crippen LogP contribution >= 0.6 is 0 Å². The first-order chi connectivity index (χ1) is 12.3. The number of ether oxygens (including phenoxy) is 1. The van der Waals surface area contributed by atoms with Gasteiger partial charge in [-0.25, -0.2) is 0 Å². The molecule has 1 atom stereocenters. The van der Waals surface area contributed by atoms with Crippen LogP contribution in [-0.4, -0.2) is 32.2 Å². The molecule has 0 amide bonds. The van der Waals surface area contributed by atoms with Crippen molar-refractivity contribution in [3.05, 3.63) is 60.7 Å². The fourth-order valence-corrected chi connectivity index (χ4v) is 6.53. The molecule has 0 fully saturated rings. The Labute approximate surface area is 161 Å². The summed E-state index contributed by atoms with van der Waals surface area (Å²) in [5, 5.41) is 2.77. The second-order valence-electron chi connectivity index (χ2n) is 7.78. The van der Waals surface area contributed by atoms with Gasteiger partial charge in [0.05, 0.1) is 0 Å². The number of para-hydroxylation sites is 1. The number of rotatable bonds is 7. The molecule has 2 nitrogen and oxygen atoms in total. The van der Waals surface area contributed by atoms with Crippen molar-refractivity contribution >= 4 is 24.9 Å². The van der Waals surface area contributed by atoms with Crippen LogP contribution in [0.15, 0.2) is 55.1 Å². The highest BCUT2D eigenvalue weighted by atomic mass is 28.3. The number of allylic oxidation sites excluding steroid dienone is 1. The Morgan fingerprint density at radius 1 is 1.04 bits per heavy atom. The van der Waals surface area contributed by atoms with Gasteiger partial charge in [0.25, 0.3) is 0 Å². The highest BCUT2D eigenvalue weighted by Gasteiger charge is 2.27. The standard InChI is InChI=1S/C23H33NOSi/c1-8-24(9-2)26(20-14-12-13-19(17-20)18(3)4)22-16-11-10-15-21(22)25-23(5,6)7/h10-17,26H,3,8-9H2,1-2,4-7H3. The Hall–Kier alpha value is -1.84. The normalized spacial score (nSPS) is 12.9. The number of benzene rings is 2. The van der Waals surface area contributed by atoms with Gasteiger partial charge in [0, 0.05) is 0 Å². The van der Waals surface area contributed by atoms with Crippen LogP contribution in [0.25, 0.3) is 5.57 Å². The number of nitrogens with zero attached hydrogens (tertiary/aromatic N) is 1. The van der Waals surface area contributed by atoms with Crippen LogP contribution in [0.1, 0.15) is 47.1 Å². The maximum atomic E-state index is 6.34. The minimum Gasteiger partial charge on any atom is -0.488 e. The van der Waals surface area contributed by atoms with Crippen molar-refractivity contribution in [3.8, 4) is 5.75 Å². The topological polar surface area (TPSA) is 12.5 Å². The zero-order valence-electron chi connectivity index (χ0n) is 17.2. The lowest BCUT2D eigenvalue weighted by molar-refractivity contribution is 0.132. The van der Waals surface area contributed by atoms with Crippen molar-refractivity contribution in [2.45, 2.75) is 47.1 Å². The number of hydrogen-bond acceptors (Lipinski definition) is 2. The predicted octanol–water partition coefficient (Wildman–Crippen LogP) is 4.08. The summed E-state index contributed by atoms with van der Waals surface area (Å²) in [5.41, 5.74) is 2.12. The van der Waals surface area contributed by atoms with Crippen LogP contribution in [0.5, 0.6) is 5.75 Å². The molecular formula is C23H33NOSi. The zero-order chi connectivity index (χ0) is 19.3. The lowest BCUT2D eigenvalue weighted by Crippen LogP contribution is -2.57. The molecule has 0 aliphatic carbocycles. The van der Waals surface area contributed by atoms with E-state index < -0.39 is 8.96 Å². The molecule has 0 bridgehead atoms. The number of hydrogen-bond donors (Lipinski definition) is 0. The minimum absolute atomic E-state index is 0.210. The molecule has 2 aromatic rings. The van der Waals surface area contributed by atoms with Crippen LogP contribution in [0.4, 0.5) is 0 Å². The van der Waals surface area contributed by atoms with Gasteiger partial charge in [-0.3, -0.25) is 0 Å². The summed E-state index contributed by atoms with van der Waals surface area (Å²) in [4.78, 5) is 0. The largest absolute Gasteiger partial charge is 0.488 e. The van der Waals surface area contributed by atoms with E-state index in [1.807, 2.05) is 0 Å². The third-order valence-corrected chi connectivity index (χ3v) is 8.02. The fourth-order valence-electron chi connectivity index (χ4n) is 3.28. The van der Waals surface area contributed by atoms with Gasteiger partial charge in [-0.05, 0) is 62.8 Å². The molecule has 1 unspecified atom stereocenters. The summed E-state index contributed by atoms with van der Waals surface area (Å²) in [6, 6.07) is 17.5. The molecule has 0 heterocycles. The molecule has 0 radical (unpaired) electrons. The predicted molar refractivity (Wildman–Crippen MR) is 117 cm³/mol. The van der Waals surface area contributed by atoms with Crippen molar-refractivity contribution in [1.29, 1.82) is 0 Å². The van der Waals surface area contributed by atoms with Gasteiger partial charge in [0.2, 0.25) is 0 Å². The van der Waals surface area contributed by atoms with E-state index in [1.165, 1.54) is 15.9 Å². The molecule has 0 N–H and O–H groups in total. The van der Waals surface area contributed by atoms with E-state index in [2.05, 4.69) is 101 Å². The van der Waals surface area contributed by atoms with E-state index >= 15 is 0 Å². The smallest absolute Gasteiger partial charge is 0.180 e. The molecule has 140 valence electrons. The molecule has 0 aliphatic heterocycles. The maximum absolute atomic E-state index is 6.34. The van der Waals surface area contributed by atoms with Crippen LogP contribution < -0.4 is 15.1 Å². The average molecular weight is 368 g/mol. The Balaban J connectivity index is 2.60. The third-order valence-electron chi connectivity index (χ3n) is 4.50. The molecule has 0 aromatic heterocycles. The maximum Gasteiger partial charge on any atom is 0.180 e. The van der Waals surface area contributed by atoms with Gasteiger partial charge in [0.1, 0.15) is 11.4 Å². The third kappa shape index (κ3) is 5.09. The summed E-state index contributed by atoms with van der Waals surface area (Å²) in [7, 11) is -1.60. The zero-order valence-corrected chi connectivity index (χ0v) is 18.3. The fraction of sp³-hybridized carbons (Fsp3) is 0.391. The molecule has 26 heavy (non-hydrogen) atoms. The second-order valence-corrected chi connectivity index (χ2v) is 10.6. The first kappa shape index (κ1) is 20.5. The SMILES string of the molecule is C=C(C)c1cccc([SiH](c2ccccc2OC(C)(C)C)N(CC)CC)c1. The molecule has 0 spiro atoms. The molecule has 2 aromatic carbocycles. The monoisotopic (exact) mass is 367 g/mol. The van der Waals surface area contributed by atoms with E-state index in [4.69, 9.17) is 4.74 Å². The highest BCUT2D eigenvalue weighted by Crippen LogP contribution is 2.18. The van der Waals surface area contributed by atoms with Gasteiger partial charge in [0.15, 0.2) is 8.96 Å². The minimum atomic E-state index is -1.60. The first-order valence-electron chi connectivity index (χ1n) is 9.54. The molecule has 3 heteroatoms. The van der Waals surface area contributed by atoms with E-state index in [1.54, 1.807) is 0 Å². The van der Waals surface area contributed by atoms with Gasteiger partial charge >= 0.3 is 0 Å². The highest BCUT2D eigenvalue weighted by molar-refractivity contribution is 6.83. The molecule has 0 aliphatic rings. The lowest BCUT2D eigenvalue weighted by atomic mass is 10.1. The second kappa shape index (κ2) is 8.70. The van der Waals surface area contributed by atoms with Crippen LogP contribution in [0.2, 0.25) is 0 Å². The molecule has 2 rings (SSSR count). The van der Waals surface area contributed by atoms with Crippen molar-refractivity contribution in [3.63, 3.8) is 0 Å². The van der Waals surface area contributed by atoms with Crippen molar-refractivity contribution in [2.24, 2.45) is 0 Å². The lowest BCUT2D eigenvalue weighted by Gasteiger charge is -2.32. The summed E-state index contributed by atoms with van der Waals surface area (Å²) >= 11 is 0. The quantitative estimate of drug-likeness (QED) is 0.684. The summed E-state index contributed by atoms with van der Waals surface area (Å²) in [6.07, 6.45) is 0. The Kier molecular flexibility index (Phi) is 6.85. The van der Waals surface area contributed by atoms with E-state index in [0.717, 1.165) is 24.4 Å². The summed E-state index contributed by atoms with van der Waals surface area (Å²) in [5.74, 6) is 1.02. The van der Waals surface area contributed by atoms with Gasteiger partial charge < -0.3 is 9.30 Å². The van der Waals surface area contributed by atoms with Crippen LogP contribution in [-0.2, 0) is 0 Å². The summed E-state index contributed by atoms with van der Waals surface area (Å²) in [6.45, 7) is 19.1. The van der Waals surface area contributed by atoms with Crippen LogP contribution in [0.3, 0.4) is 0 Å². The Morgan fingerprint density at radius 3 is 2.27 bits per heavy atom. The van der Waals surface area contributed by atoms with Crippen molar-refractivity contribution in [2.75, 3.05) is 13.1 Å². The van der Waals surface area contributed by atoms with E-state index in [-0.39, 0.29) is 5.60 Å². The van der Waals surface area contributed by atoms with E-state index in [0.29, 0.717) is 0 Å². The van der Waals surface area contributed by atoms with Gasteiger partial charge in [-0.15, -0.1) is 0 Å². The Morgan fingerprint density at radius 2 is 1.69 bits per heavy atom. The van der Waals surface area contributed by atoms with Crippen LogP contribution in [0, 0.1) is 0 Å². The molecule has 0 saturated carbocycles. The van der Waals surface area contributed by atoms with Crippen molar-refractivity contribution in [1.82, 2.24) is 4.57 Å².